The Kier molecular flexibility index (Phi) is 4.11. The van der Waals surface area contributed by atoms with Gasteiger partial charge in [0.25, 0.3) is 5.88 Å². The maximum Gasteiger partial charge on any atom is 0.410 e. The summed E-state index contributed by atoms with van der Waals surface area (Å²) in [6, 6.07) is 0. The van der Waals surface area contributed by atoms with Crippen LogP contribution in [0.5, 0.6) is 5.88 Å². The quantitative estimate of drug-likeness (QED) is 0.851. The predicted octanol–water partition coefficient (Wildman–Crippen LogP) is 2.51. The van der Waals surface area contributed by atoms with Crippen LogP contribution in [0.3, 0.4) is 0 Å². The van der Waals surface area contributed by atoms with Gasteiger partial charge in [-0.05, 0) is 33.6 Å². The number of amides is 1. The van der Waals surface area contributed by atoms with Crippen molar-refractivity contribution in [3.63, 3.8) is 0 Å². The van der Waals surface area contributed by atoms with Crippen molar-refractivity contribution < 1.29 is 14.3 Å². The molecule has 1 fully saturated rings. The summed E-state index contributed by atoms with van der Waals surface area (Å²) in [6.45, 7) is 6.79. The topological polar surface area (TPSA) is 69.0 Å². The Morgan fingerprint density at radius 3 is 2.74 bits per heavy atom. The fourth-order valence-electron chi connectivity index (χ4n) is 2.60. The second-order valence-electron chi connectivity index (χ2n) is 6.70. The first-order valence-electron chi connectivity index (χ1n) is 7.85. The number of nitrogens with zero attached hydrogens (tertiary/aromatic N) is 4. The number of hydrogen-bond donors (Lipinski definition) is 0. The molecule has 0 saturated carbocycles. The van der Waals surface area contributed by atoms with Crippen molar-refractivity contribution >= 4 is 11.7 Å². The number of ether oxygens (including phenoxy) is 2. The number of aromatic nitrogens is 3. The third-order valence-electron chi connectivity index (χ3n) is 3.59. The van der Waals surface area contributed by atoms with Crippen molar-refractivity contribution in [1.29, 1.82) is 0 Å². The Morgan fingerprint density at radius 1 is 1.26 bits per heavy atom. The monoisotopic (exact) mass is 318 g/mol. The zero-order chi connectivity index (χ0) is 16.4. The first-order valence-corrected chi connectivity index (χ1v) is 7.85. The molecule has 0 bridgehead atoms. The van der Waals surface area contributed by atoms with Crippen molar-refractivity contribution in [3.8, 4) is 5.88 Å². The maximum atomic E-state index is 12.2. The van der Waals surface area contributed by atoms with Gasteiger partial charge in [-0.1, -0.05) is 0 Å². The largest absolute Gasteiger partial charge is 0.470 e. The molecule has 0 aromatic carbocycles. The molecule has 1 amide bonds. The lowest BCUT2D eigenvalue weighted by atomic mass is 10.1. The molecule has 7 nitrogen and oxygen atoms in total. The van der Waals surface area contributed by atoms with Gasteiger partial charge in [-0.2, -0.15) is 0 Å². The molecule has 1 aliphatic heterocycles. The normalized spacial score (nSPS) is 18.9. The van der Waals surface area contributed by atoms with E-state index < -0.39 is 5.60 Å². The van der Waals surface area contributed by atoms with Gasteiger partial charge in [-0.3, -0.25) is 0 Å². The van der Waals surface area contributed by atoms with E-state index in [1.165, 1.54) is 0 Å². The van der Waals surface area contributed by atoms with Gasteiger partial charge in [-0.25, -0.2) is 14.8 Å². The first-order chi connectivity index (χ1) is 10.9. The summed E-state index contributed by atoms with van der Waals surface area (Å²) in [7, 11) is 0. The van der Waals surface area contributed by atoms with Gasteiger partial charge in [0.1, 0.15) is 11.7 Å². The zero-order valence-corrected chi connectivity index (χ0v) is 13.7. The summed E-state index contributed by atoms with van der Waals surface area (Å²) in [5, 5.41) is 0. The summed E-state index contributed by atoms with van der Waals surface area (Å²) >= 11 is 0. The molecule has 2 aromatic heterocycles. The first kappa shape index (κ1) is 15.6. The van der Waals surface area contributed by atoms with Crippen LogP contribution in [0.4, 0.5) is 4.79 Å². The molecule has 0 spiro atoms. The van der Waals surface area contributed by atoms with Crippen LogP contribution in [0, 0.1) is 0 Å². The molecule has 3 rings (SSSR count). The third-order valence-corrected chi connectivity index (χ3v) is 3.59. The molecule has 1 aliphatic rings. The van der Waals surface area contributed by atoms with Crippen LogP contribution in [-0.2, 0) is 4.74 Å². The average Bonchev–Trinajstić information content (AvgIpc) is 2.95. The van der Waals surface area contributed by atoms with Crippen LogP contribution in [-0.4, -0.2) is 50.2 Å². The minimum atomic E-state index is -0.492. The summed E-state index contributed by atoms with van der Waals surface area (Å²) in [6.07, 6.45) is 8.41. The predicted molar refractivity (Wildman–Crippen MR) is 84.4 cm³/mol. The Hall–Kier alpha value is -2.31. The van der Waals surface area contributed by atoms with Crippen LogP contribution in [0.25, 0.3) is 5.65 Å². The molecule has 1 unspecified atom stereocenters. The van der Waals surface area contributed by atoms with Gasteiger partial charge in [0.15, 0.2) is 5.65 Å². The Labute approximate surface area is 135 Å². The highest BCUT2D eigenvalue weighted by Crippen LogP contribution is 2.21. The number of carbonyl (C=O) groups excluding carboxylic acids is 1. The van der Waals surface area contributed by atoms with E-state index in [1.54, 1.807) is 17.3 Å². The molecule has 3 heterocycles. The lowest BCUT2D eigenvalue weighted by Gasteiger charge is -2.33. The van der Waals surface area contributed by atoms with E-state index in [0.717, 1.165) is 12.8 Å². The van der Waals surface area contributed by atoms with Gasteiger partial charge in [0, 0.05) is 31.3 Å². The molecule has 0 N–H and O–H groups in total. The van der Waals surface area contributed by atoms with E-state index in [2.05, 4.69) is 9.97 Å². The molecule has 1 saturated heterocycles. The average molecular weight is 318 g/mol. The fourth-order valence-corrected chi connectivity index (χ4v) is 2.60. The lowest BCUT2D eigenvalue weighted by molar-refractivity contribution is 0.00736. The molecule has 0 aliphatic carbocycles. The lowest BCUT2D eigenvalue weighted by Crippen LogP contribution is -2.46. The molecule has 7 heteroatoms. The van der Waals surface area contributed by atoms with Crippen LogP contribution < -0.4 is 4.74 Å². The van der Waals surface area contributed by atoms with E-state index >= 15 is 0 Å². The molecular formula is C16H22N4O3. The van der Waals surface area contributed by atoms with E-state index in [-0.39, 0.29) is 12.2 Å². The SMILES string of the molecule is CC(C)(C)OC(=O)N1CCCC(Oc2nccn3ccnc23)C1. The van der Waals surface area contributed by atoms with Crippen molar-refractivity contribution in [2.24, 2.45) is 0 Å². The van der Waals surface area contributed by atoms with E-state index in [9.17, 15) is 4.79 Å². The summed E-state index contributed by atoms with van der Waals surface area (Å²) in [5.41, 5.74) is 0.190. The standard InChI is InChI=1S/C16H22N4O3/c1-16(2,3)23-15(21)20-8-4-5-12(11-20)22-14-13-17-6-9-19(13)10-7-18-14/h6-7,9-10,12H,4-5,8,11H2,1-3H3. The maximum absolute atomic E-state index is 12.2. The minimum Gasteiger partial charge on any atom is -0.470 e. The van der Waals surface area contributed by atoms with E-state index in [1.807, 2.05) is 37.6 Å². The molecule has 23 heavy (non-hydrogen) atoms. The zero-order valence-electron chi connectivity index (χ0n) is 13.7. The van der Waals surface area contributed by atoms with Crippen LogP contribution >= 0.6 is 0 Å². The highest BCUT2D eigenvalue weighted by atomic mass is 16.6. The van der Waals surface area contributed by atoms with Crippen molar-refractivity contribution in [3.05, 3.63) is 24.8 Å². The summed E-state index contributed by atoms with van der Waals surface area (Å²) < 4.78 is 13.3. The fraction of sp³-hybridized carbons (Fsp3) is 0.562. The van der Waals surface area contributed by atoms with E-state index in [4.69, 9.17) is 9.47 Å². The highest BCUT2D eigenvalue weighted by Gasteiger charge is 2.29. The highest BCUT2D eigenvalue weighted by molar-refractivity contribution is 5.68. The second-order valence-corrected chi connectivity index (χ2v) is 6.70. The molecule has 124 valence electrons. The number of piperidine rings is 1. The van der Waals surface area contributed by atoms with Gasteiger partial charge in [-0.15, -0.1) is 0 Å². The number of likely N-dealkylation sites (tertiary alicyclic amines) is 1. The van der Waals surface area contributed by atoms with Crippen molar-refractivity contribution in [2.45, 2.75) is 45.3 Å². The number of hydrogen-bond acceptors (Lipinski definition) is 5. The summed E-state index contributed by atoms with van der Waals surface area (Å²) in [5.74, 6) is 0.494. The number of imidazole rings is 1. The van der Waals surface area contributed by atoms with Crippen LogP contribution in [0.2, 0.25) is 0 Å². The Bertz CT molecular complexity index is 692. The van der Waals surface area contributed by atoms with Gasteiger partial charge in [0.05, 0.1) is 6.54 Å². The van der Waals surface area contributed by atoms with Crippen LogP contribution in [0.1, 0.15) is 33.6 Å². The molecule has 1 atom stereocenters. The van der Waals surface area contributed by atoms with Gasteiger partial charge < -0.3 is 18.8 Å². The smallest absolute Gasteiger partial charge is 0.410 e. The molecular weight excluding hydrogens is 296 g/mol. The Morgan fingerprint density at radius 2 is 2.00 bits per heavy atom. The van der Waals surface area contributed by atoms with Crippen LogP contribution in [0.15, 0.2) is 24.8 Å². The van der Waals surface area contributed by atoms with Gasteiger partial charge in [0.2, 0.25) is 0 Å². The number of fused-ring (bicyclic) bond motifs is 1. The second kappa shape index (κ2) is 6.06. The van der Waals surface area contributed by atoms with Crippen molar-refractivity contribution in [2.75, 3.05) is 13.1 Å². The van der Waals surface area contributed by atoms with Gasteiger partial charge >= 0.3 is 6.09 Å². The summed E-state index contributed by atoms with van der Waals surface area (Å²) in [4.78, 5) is 22.4. The molecule has 0 radical (unpaired) electrons. The molecule has 2 aromatic rings. The minimum absolute atomic E-state index is 0.105. The number of carbonyl (C=O) groups is 1. The van der Waals surface area contributed by atoms with Crippen molar-refractivity contribution in [1.82, 2.24) is 19.3 Å². The van der Waals surface area contributed by atoms with E-state index in [0.29, 0.717) is 24.6 Å². The number of rotatable bonds is 2. The third kappa shape index (κ3) is 3.72. The Balaban J connectivity index is 1.67.